The molecule has 0 fully saturated rings. The summed E-state index contributed by atoms with van der Waals surface area (Å²) in [5.74, 6) is -0.866. The third kappa shape index (κ3) is 5.82. The summed E-state index contributed by atoms with van der Waals surface area (Å²) >= 11 is 0. The van der Waals surface area contributed by atoms with E-state index in [4.69, 9.17) is 0 Å². The van der Waals surface area contributed by atoms with Crippen LogP contribution in [-0.2, 0) is 14.3 Å². The lowest BCUT2D eigenvalue weighted by Gasteiger charge is -2.32. The molecule has 0 spiro atoms. The molecular formula is C15H20F3N3O3. The van der Waals surface area contributed by atoms with Crippen LogP contribution in [0.4, 0.5) is 24.5 Å². The van der Waals surface area contributed by atoms with Crippen molar-refractivity contribution < 1.29 is 27.5 Å². The van der Waals surface area contributed by atoms with Gasteiger partial charge >= 0.3 is 6.18 Å². The highest BCUT2D eigenvalue weighted by Gasteiger charge is 2.51. The number of hydrogen-bond acceptors (Lipinski definition) is 4. The second-order valence-electron chi connectivity index (χ2n) is 5.42. The Balaban J connectivity index is 2.61. The Morgan fingerprint density at radius 1 is 1.08 bits per heavy atom. The lowest BCUT2D eigenvalue weighted by atomic mass is 10.0. The zero-order chi connectivity index (χ0) is 18.4. The molecule has 0 saturated heterocycles. The Hall–Kier alpha value is -2.13. The fourth-order valence-electron chi connectivity index (χ4n) is 1.84. The smallest absolute Gasteiger partial charge is 0.382 e. The van der Waals surface area contributed by atoms with Crippen LogP contribution in [-0.4, -0.2) is 43.8 Å². The van der Waals surface area contributed by atoms with Crippen molar-refractivity contribution in [3.8, 4) is 0 Å². The minimum absolute atomic E-state index is 0.236. The average Bonchev–Trinajstić information content (AvgIpc) is 2.46. The van der Waals surface area contributed by atoms with Crippen LogP contribution >= 0.6 is 0 Å². The van der Waals surface area contributed by atoms with Crippen LogP contribution < -0.4 is 16.0 Å². The first-order chi connectivity index (χ1) is 11.1. The Morgan fingerprint density at radius 2 is 1.58 bits per heavy atom. The molecule has 9 heteroatoms. The molecule has 6 nitrogen and oxygen atoms in total. The van der Waals surface area contributed by atoms with Crippen LogP contribution in [0.5, 0.6) is 0 Å². The van der Waals surface area contributed by atoms with E-state index in [2.05, 4.69) is 20.7 Å². The van der Waals surface area contributed by atoms with Crippen LogP contribution in [0.25, 0.3) is 0 Å². The fourth-order valence-corrected chi connectivity index (χ4v) is 1.84. The summed E-state index contributed by atoms with van der Waals surface area (Å²) in [5.41, 5.74) is -1.38. The molecule has 0 heterocycles. The van der Waals surface area contributed by atoms with Gasteiger partial charge in [0.1, 0.15) is 5.54 Å². The number of carbonyl (C=O) groups is 2. The minimum Gasteiger partial charge on any atom is -0.382 e. The van der Waals surface area contributed by atoms with Crippen molar-refractivity contribution in [3.63, 3.8) is 0 Å². The topological polar surface area (TPSA) is 79.5 Å². The molecule has 0 aliphatic rings. The van der Waals surface area contributed by atoms with E-state index in [1.165, 1.54) is 19.1 Å². The van der Waals surface area contributed by atoms with Gasteiger partial charge in [-0.05, 0) is 31.2 Å². The molecule has 2 amide bonds. The molecule has 1 rings (SSSR count). The van der Waals surface area contributed by atoms with E-state index in [-0.39, 0.29) is 5.91 Å². The van der Waals surface area contributed by atoms with Crippen molar-refractivity contribution in [1.82, 2.24) is 5.32 Å². The molecular weight excluding hydrogens is 327 g/mol. The summed E-state index contributed by atoms with van der Waals surface area (Å²) in [4.78, 5) is 22.7. The van der Waals surface area contributed by atoms with Gasteiger partial charge in [0.25, 0.3) is 0 Å². The largest absolute Gasteiger partial charge is 0.408 e. The van der Waals surface area contributed by atoms with Gasteiger partial charge in [0.2, 0.25) is 11.8 Å². The SMILES string of the molecule is COC[C@@](C)(NCC(=O)Nc1ccc(NC(C)=O)cc1)C(F)(F)F. The fraction of sp³-hybridized carbons (Fsp3) is 0.467. The van der Waals surface area contributed by atoms with Gasteiger partial charge in [0.15, 0.2) is 0 Å². The van der Waals surface area contributed by atoms with Gasteiger partial charge in [-0.15, -0.1) is 0 Å². The summed E-state index contributed by atoms with van der Waals surface area (Å²) in [5, 5.41) is 7.20. The molecule has 1 aromatic rings. The summed E-state index contributed by atoms with van der Waals surface area (Å²) in [6, 6.07) is 6.19. The predicted molar refractivity (Wildman–Crippen MR) is 83.7 cm³/mol. The summed E-state index contributed by atoms with van der Waals surface area (Å²) in [6.45, 7) is 1.13. The highest BCUT2D eigenvalue weighted by Crippen LogP contribution is 2.30. The van der Waals surface area contributed by atoms with Crippen molar-refractivity contribution >= 4 is 23.2 Å². The highest BCUT2D eigenvalue weighted by atomic mass is 19.4. The van der Waals surface area contributed by atoms with Crippen molar-refractivity contribution in [3.05, 3.63) is 24.3 Å². The first-order valence-corrected chi connectivity index (χ1v) is 7.05. The van der Waals surface area contributed by atoms with Crippen LogP contribution in [0.15, 0.2) is 24.3 Å². The van der Waals surface area contributed by atoms with E-state index in [9.17, 15) is 22.8 Å². The maximum absolute atomic E-state index is 13.0. The van der Waals surface area contributed by atoms with Crippen LogP contribution in [0.1, 0.15) is 13.8 Å². The number of anilines is 2. The maximum atomic E-state index is 13.0. The van der Waals surface area contributed by atoms with Crippen LogP contribution in [0.3, 0.4) is 0 Å². The molecule has 0 aliphatic heterocycles. The minimum atomic E-state index is -4.57. The first-order valence-electron chi connectivity index (χ1n) is 7.05. The monoisotopic (exact) mass is 347 g/mol. The van der Waals surface area contributed by atoms with Gasteiger partial charge in [-0.1, -0.05) is 0 Å². The summed E-state index contributed by atoms with van der Waals surface area (Å²) in [6.07, 6.45) is -4.57. The molecule has 0 aliphatic carbocycles. The molecule has 0 aromatic heterocycles. The molecule has 0 saturated carbocycles. The number of amides is 2. The van der Waals surface area contributed by atoms with Crippen molar-refractivity contribution in [2.45, 2.75) is 25.6 Å². The van der Waals surface area contributed by atoms with E-state index >= 15 is 0 Å². The standard InChI is InChI=1S/C15H20F3N3O3/c1-10(22)20-11-4-6-12(7-5-11)21-13(23)8-19-14(2,9-24-3)15(16,17)18/h4-7,19H,8-9H2,1-3H3,(H,20,22)(H,21,23)/t14-/m1/s1. The number of nitrogens with one attached hydrogen (secondary N) is 3. The van der Waals surface area contributed by atoms with E-state index in [0.717, 1.165) is 14.0 Å². The van der Waals surface area contributed by atoms with E-state index < -0.39 is 30.8 Å². The number of carbonyl (C=O) groups excluding carboxylic acids is 2. The van der Waals surface area contributed by atoms with Gasteiger partial charge in [-0.3, -0.25) is 14.9 Å². The van der Waals surface area contributed by atoms with E-state index in [1.54, 1.807) is 12.1 Å². The average molecular weight is 347 g/mol. The molecule has 24 heavy (non-hydrogen) atoms. The molecule has 1 aromatic carbocycles. The first kappa shape index (κ1) is 19.9. The number of halogens is 3. The number of alkyl halides is 3. The van der Waals surface area contributed by atoms with E-state index in [1.807, 2.05) is 0 Å². The normalized spacial score (nSPS) is 13.9. The van der Waals surface area contributed by atoms with Crippen molar-refractivity contribution in [2.24, 2.45) is 0 Å². The molecule has 1 atom stereocenters. The predicted octanol–water partition coefficient (Wildman–Crippen LogP) is 2.14. The van der Waals surface area contributed by atoms with Gasteiger partial charge in [-0.2, -0.15) is 13.2 Å². The number of benzene rings is 1. The lowest BCUT2D eigenvalue weighted by molar-refractivity contribution is -0.203. The second-order valence-corrected chi connectivity index (χ2v) is 5.42. The van der Waals surface area contributed by atoms with Crippen molar-refractivity contribution in [1.29, 1.82) is 0 Å². The van der Waals surface area contributed by atoms with Crippen molar-refractivity contribution in [2.75, 3.05) is 30.9 Å². The zero-order valence-electron chi connectivity index (χ0n) is 13.6. The quantitative estimate of drug-likeness (QED) is 0.706. The summed E-state index contributed by atoms with van der Waals surface area (Å²) < 4.78 is 43.6. The second kappa shape index (κ2) is 8.11. The van der Waals surface area contributed by atoms with Gasteiger partial charge in [0, 0.05) is 25.4 Å². The maximum Gasteiger partial charge on any atom is 0.408 e. The third-order valence-electron chi connectivity index (χ3n) is 3.19. The molecule has 3 N–H and O–H groups in total. The zero-order valence-corrected chi connectivity index (χ0v) is 13.6. The Labute approximate surface area is 137 Å². The molecule has 134 valence electrons. The Morgan fingerprint density at radius 3 is 2.00 bits per heavy atom. The summed E-state index contributed by atoms with van der Waals surface area (Å²) in [7, 11) is 1.16. The molecule has 0 unspecified atom stereocenters. The highest BCUT2D eigenvalue weighted by molar-refractivity contribution is 5.93. The number of methoxy groups -OCH3 is 1. The Bertz CT molecular complexity index is 576. The number of hydrogen-bond donors (Lipinski definition) is 3. The van der Waals surface area contributed by atoms with E-state index in [0.29, 0.717) is 11.4 Å². The van der Waals surface area contributed by atoms with Gasteiger partial charge in [0.05, 0.1) is 13.2 Å². The van der Waals surface area contributed by atoms with Crippen LogP contribution in [0.2, 0.25) is 0 Å². The van der Waals surface area contributed by atoms with Gasteiger partial charge < -0.3 is 15.4 Å². The Kier molecular flexibility index (Phi) is 6.73. The molecule has 0 radical (unpaired) electrons. The molecule has 0 bridgehead atoms. The number of ether oxygens (including phenoxy) is 1. The lowest BCUT2D eigenvalue weighted by Crippen LogP contribution is -2.59. The number of rotatable bonds is 7. The third-order valence-corrected chi connectivity index (χ3v) is 3.19. The van der Waals surface area contributed by atoms with Crippen LogP contribution in [0, 0.1) is 0 Å². The van der Waals surface area contributed by atoms with Gasteiger partial charge in [-0.25, -0.2) is 0 Å².